The van der Waals surface area contributed by atoms with Gasteiger partial charge >= 0.3 is 0 Å². The molecule has 0 heterocycles. The van der Waals surface area contributed by atoms with Gasteiger partial charge in [-0.1, -0.05) is 18.7 Å². The number of carbonyl (C=O) groups excluding carboxylic acids is 1. The summed E-state index contributed by atoms with van der Waals surface area (Å²) in [6.07, 6.45) is 2.02. The molecule has 1 unspecified atom stereocenters. The van der Waals surface area contributed by atoms with Crippen LogP contribution in [-0.2, 0) is 4.79 Å². The summed E-state index contributed by atoms with van der Waals surface area (Å²) >= 11 is 0. The molecule has 78 valence electrons. The summed E-state index contributed by atoms with van der Waals surface area (Å²) in [4.78, 5) is 11.3. The molecule has 1 saturated carbocycles. The maximum Gasteiger partial charge on any atom is 0.158 e. The molecule has 1 atom stereocenters. The van der Waals surface area contributed by atoms with E-state index in [-0.39, 0.29) is 17.5 Å². The predicted octanol–water partition coefficient (Wildman–Crippen LogP) is 3.22. The lowest BCUT2D eigenvalue weighted by atomic mass is 9.81. The summed E-state index contributed by atoms with van der Waals surface area (Å²) in [5.74, 6) is 0.198. The molecule has 0 aromatic heterocycles. The maximum atomic E-state index is 13.0. The number of carbonyl (C=O) groups is 1. The SMILES string of the molecule is C=C1CC(c2cccc(F)c2)CCC1=O. The normalized spacial score (nSPS) is 21.8. The van der Waals surface area contributed by atoms with Crippen molar-refractivity contribution in [2.75, 3.05) is 0 Å². The van der Waals surface area contributed by atoms with Gasteiger partial charge in [0.15, 0.2) is 5.78 Å². The third-order valence-corrected chi connectivity index (χ3v) is 2.93. The van der Waals surface area contributed by atoms with Crippen LogP contribution < -0.4 is 0 Å². The van der Waals surface area contributed by atoms with Crippen LogP contribution in [-0.4, -0.2) is 5.78 Å². The van der Waals surface area contributed by atoms with Crippen LogP contribution in [0.1, 0.15) is 30.7 Å². The molecule has 1 aromatic rings. The van der Waals surface area contributed by atoms with Gasteiger partial charge in [0.2, 0.25) is 0 Å². The van der Waals surface area contributed by atoms with E-state index in [4.69, 9.17) is 0 Å². The summed E-state index contributed by atoms with van der Waals surface area (Å²) < 4.78 is 13.0. The molecule has 0 radical (unpaired) electrons. The first-order valence-corrected chi connectivity index (χ1v) is 5.13. The Labute approximate surface area is 88.6 Å². The third kappa shape index (κ3) is 2.14. The van der Waals surface area contributed by atoms with E-state index in [1.807, 2.05) is 6.07 Å². The molecular formula is C13H13FO. The van der Waals surface area contributed by atoms with Gasteiger partial charge in [-0.05, 0) is 42.0 Å². The lowest BCUT2D eigenvalue weighted by Crippen LogP contribution is -2.15. The molecule has 15 heavy (non-hydrogen) atoms. The highest BCUT2D eigenvalue weighted by molar-refractivity contribution is 5.95. The first-order chi connectivity index (χ1) is 7.16. The zero-order valence-corrected chi connectivity index (χ0v) is 8.50. The standard InChI is InChI=1S/C13H13FO/c1-9-7-11(5-6-13(9)15)10-3-2-4-12(14)8-10/h2-4,8,11H,1,5-7H2. The number of halogens is 1. The molecule has 2 heteroatoms. The summed E-state index contributed by atoms with van der Waals surface area (Å²) in [5, 5.41) is 0. The van der Waals surface area contributed by atoms with Crippen LogP contribution in [0.4, 0.5) is 4.39 Å². The lowest BCUT2D eigenvalue weighted by molar-refractivity contribution is -0.116. The van der Waals surface area contributed by atoms with Gasteiger partial charge < -0.3 is 0 Å². The average Bonchev–Trinajstić information content (AvgIpc) is 2.22. The van der Waals surface area contributed by atoms with E-state index in [0.717, 1.165) is 12.0 Å². The number of allylic oxidation sites excluding steroid dienone is 1. The molecule has 0 aliphatic heterocycles. The van der Waals surface area contributed by atoms with Gasteiger partial charge in [-0.2, -0.15) is 0 Å². The van der Waals surface area contributed by atoms with Gasteiger partial charge in [0, 0.05) is 6.42 Å². The van der Waals surface area contributed by atoms with E-state index >= 15 is 0 Å². The van der Waals surface area contributed by atoms with Crippen molar-refractivity contribution in [3.63, 3.8) is 0 Å². The minimum Gasteiger partial charge on any atom is -0.295 e. The van der Waals surface area contributed by atoms with Crippen LogP contribution >= 0.6 is 0 Å². The van der Waals surface area contributed by atoms with Crippen molar-refractivity contribution in [3.8, 4) is 0 Å². The van der Waals surface area contributed by atoms with E-state index in [2.05, 4.69) is 6.58 Å². The first-order valence-electron chi connectivity index (χ1n) is 5.13. The topological polar surface area (TPSA) is 17.1 Å². The van der Waals surface area contributed by atoms with Gasteiger partial charge in [0.25, 0.3) is 0 Å². The van der Waals surface area contributed by atoms with E-state index < -0.39 is 0 Å². The Morgan fingerprint density at radius 2 is 2.20 bits per heavy atom. The molecule has 2 rings (SSSR count). The van der Waals surface area contributed by atoms with E-state index in [1.165, 1.54) is 6.07 Å². The molecule has 0 amide bonds. The smallest absolute Gasteiger partial charge is 0.158 e. The van der Waals surface area contributed by atoms with Crippen LogP contribution in [0.15, 0.2) is 36.4 Å². The minimum atomic E-state index is -0.213. The van der Waals surface area contributed by atoms with Crippen molar-refractivity contribution < 1.29 is 9.18 Å². The second-order valence-electron chi connectivity index (χ2n) is 4.02. The number of Topliss-reactive ketones (excluding diaryl/α,β-unsaturated/α-hetero) is 1. The van der Waals surface area contributed by atoms with Gasteiger partial charge in [0.1, 0.15) is 5.82 Å². The lowest BCUT2D eigenvalue weighted by Gasteiger charge is -2.22. The highest BCUT2D eigenvalue weighted by Gasteiger charge is 2.23. The molecule has 0 bridgehead atoms. The number of benzene rings is 1. The third-order valence-electron chi connectivity index (χ3n) is 2.93. The summed E-state index contributed by atoms with van der Waals surface area (Å²) in [7, 11) is 0. The Morgan fingerprint density at radius 3 is 2.87 bits per heavy atom. The molecular weight excluding hydrogens is 191 g/mol. The highest BCUT2D eigenvalue weighted by atomic mass is 19.1. The van der Waals surface area contributed by atoms with Crippen molar-refractivity contribution in [2.24, 2.45) is 0 Å². The Bertz CT molecular complexity index is 409. The van der Waals surface area contributed by atoms with E-state index in [9.17, 15) is 9.18 Å². The van der Waals surface area contributed by atoms with Crippen molar-refractivity contribution in [2.45, 2.75) is 25.2 Å². The predicted molar refractivity (Wildman–Crippen MR) is 57.1 cm³/mol. The van der Waals surface area contributed by atoms with Crippen LogP contribution in [0, 0.1) is 5.82 Å². The minimum absolute atomic E-state index is 0.155. The second kappa shape index (κ2) is 3.97. The molecule has 1 fully saturated rings. The first kappa shape index (κ1) is 10.1. The maximum absolute atomic E-state index is 13.0. The van der Waals surface area contributed by atoms with Crippen molar-refractivity contribution >= 4 is 5.78 Å². The summed E-state index contributed by atoms with van der Waals surface area (Å²) in [6, 6.07) is 6.61. The molecule has 0 N–H and O–H groups in total. The second-order valence-corrected chi connectivity index (χ2v) is 4.02. The van der Waals surface area contributed by atoms with Crippen molar-refractivity contribution in [3.05, 3.63) is 47.8 Å². The summed E-state index contributed by atoms with van der Waals surface area (Å²) in [5.41, 5.74) is 1.65. The van der Waals surface area contributed by atoms with E-state index in [1.54, 1.807) is 12.1 Å². The average molecular weight is 204 g/mol. The van der Waals surface area contributed by atoms with Gasteiger partial charge in [0.05, 0.1) is 0 Å². The van der Waals surface area contributed by atoms with Crippen LogP contribution in [0.2, 0.25) is 0 Å². The molecule has 1 aromatic carbocycles. The zero-order valence-electron chi connectivity index (χ0n) is 8.50. The van der Waals surface area contributed by atoms with Gasteiger partial charge in [-0.25, -0.2) is 4.39 Å². The largest absolute Gasteiger partial charge is 0.295 e. The fourth-order valence-corrected chi connectivity index (χ4v) is 2.04. The fourth-order valence-electron chi connectivity index (χ4n) is 2.04. The van der Waals surface area contributed by atoms with Crippen LogP contribution in [0.3, 0.4) is 0 Å². The number of ketones is 1. The Morgan fingerprint density at radius 1 is 1.40 bits per heavy atom. The van der Waals surface area contributed by atoms with E-state index in [0.29, 0.717) is 18.4 Å². The molecule has 0 saturated heterocycles. The highest BCUT2D eigenvalue weighted by Crippen LogP contribution is 2.33. The van der Waals surface area contributed by atoms with Crippen molar-refractivity contribution in [1.29, 1.82) is 0 Å². The van der Waals surface area contributed by atoms with Crippen LogP contribution in [0.5, 0.6) is 0 Å². The fraction of sp³-hybridized carbons (Fsp3) is 0.308. The van der Waals surface area contributed by atoms with Gasteiger partial charge in [-0.15, -0.1) is 0 Å². The molecule has 0 spiro atoms. The quantitative estimate of drug-likeness (QED) is 0.642. The summed E-state index contributed by atoms with van der Waals surface area (Å²) in [6.45, 7) is 3.75. The van der Waals surface area contributed by atoms with Gasteiger partial charge in [-0.3, -0.25) is 4.79 Å². The van der Waals surface area contributed by atoms with Crippen molar-refractivity contribution in [1.82, 2.24) is 0 Å². The zero-order chi connectivity index (χ0) is 10.8. The Balaban J connectivity index is 2.19. The molecule has 1 aliphatic rings. The monoisotopic (exact) mass is 204 g/mol. The Hall–Kier alpha value is -1.44. The molecule has 1 nitrogen and oxygen atoms in total. The number of hydrogen-bond donors (Lipinski definition) is 0. The van der Waals surface area contributed by atoms with Crippen LogP contribution in [0.25, 0.3) is 0 Å². The molecule has 1 aliphatic carbocycles. The number of hydrogen-bond acceptors (Lipinski definition) is 1. The Kier molecular flexibility index (Phi) is 2.67. The number of rotatable bonds is 1.